The number of aryl methyl sites for hydroxylation is 1. The molecule has 1 aliphatic carbocycles. The number of methoxy groups -OCH3 is 1. The van der Waals surface area contributed by atoms with Gasteiger partial charge in [0.15, 0.2) is 11.5 Å². The molecule has 1 fully saturated rings. The smallest absolute Gasteiger partial charge is 0.165 e. The summed E-state index contributed by atoms with van der Waals surface area (Å²) in [6.07, 6.45) is 1.98. The molecule has 1 aromatic heterocycles. The van der Waals surface area contributed by atoms with Crippen molar-refractivity contribution in [3.05, 3.63) is 35.3 Å². The largest absolute Gasteiger partial charge is 0.496 e. The van der Waals surface area contributed by atoms with Gasteiger partial charge >= 0.3 is 0 Å². The molecule has 1 aliphatic heterocycles. The van der Waals surface area contributed by atoms with Gasteiger partial charge in [-0.05, 0) is 25.8 Å². The lowest BCUT2D eigenvalue weighted by Gasteiger charge is -2.32. The Morgan fingerprint density at radius 1 is 1.15 bits per heavy atom. The molecule has 2 aromatic rings. The Bertz CT molecular complexity index is 806. The first kappa shape index (κ1) is 16.9. The quantitative estimate of drug-likeness (QED) is 0.850. The SMILES string of the molecule is COc1cc2c(cc1CNc1cc(C3CC(N)C3)nc(C)n1)OCCO2. The first-order valence-electron chi connectivity index (χ1n) is 8.94. The fraction of sp³-hybridized carbons (Fsp3) is 0.474. The molecule has 7 nitrogen and oxygen atoms in total. The minimum absolute atomic E-state index is 0.300. The van der Waals surface area contributed by atoms with E-state index in [9.17, 15) is 0 Å². The van der Waals surface area contributed by atoms with Gasteiger partial charge in [-0.3, -0.25) is 0 Å². The monoisotopic (exact) mass is 356 g/mol. The molecule has 0 amide bonds. The summed E-state index contributed by atoms with van der Waals surface area (Å²) in [6.45, 7) is 3.60. The second-order valence-corrected chi connectivity index (χ2v) is 6.81. The highest BCUT2D eigenvalue weighted by molar-refractivity contribution is 5.52. The third-order valence-corrected chi connectivity index (χ3v) is 4.86. The van der Waals surface area contributed by atoms with Crippen LogP contribution >= 0.6 is 0 Å². The summed E-state index contributed by atoms with van der Waals surface area (Å²) in [6, 6.07) is 6.15. The molecule has 3 N–H and O–H groups in total. The lowest BCUT2D eigenvalue weighted by Crippen LogP contribution is -2.35. The molecule has 4 rings (SSSR count). The van der Waals surface area contributed by atoms with E-state index >= 15 is 0 Å². The van der Waals surface area contributed by atoms with E-state index in [1.165, 1.54) is 0 Å². The van der Waals surface area contributed by atoms with Crippen LogP contribution in [0.2, 0.25) is 0 Å². The van der Waals surface area contributed by atoms with E-state index in [4.69, 9.17) is 19.9 Å². The Morgan fingerprint density at radius 2 is 1.88 bits per heavy atom. The molecule has 26 heavy (non-hydrogen) atoms. The molecular weight excluding hydrogens is 332 g/mol. The number of benzene rings is 1. The summed E-state index contributed by atoms with van der Waals surface area (Å²) < 4.78 is 16.8. The standard InChI is InChI=1S/C19H24N4O3/c1-11-22-15(12-5-14(20)6-12)8-19(23-11)21-10-13-7-17-18(9-16(13)24-2)26-4-3-25-17/h7-9,12,14H,3-6,10,20H2,1-2H3,(H,21,22,23). The van der Waals surface area contributed by atoms with Crippen LogP contribution in [-0.4, -0.2) is 36.3 Å². The first-order chi connectivity index (χ1) is 12.6. The molecule has 2 aliphatic rings. The number of nitrogens with one attached hydrogen (secondary N) is 1. The fourth-order valence-corrected chi connectivity index (χ4v) is 3.42. The van der Waals surface area contributed by atoms with Crippen LogP contribution in [-0.2, 0) is 6.54 Å². The molecule has 7 heteroatoms. The maximum atomic E-state index is 5.91. The summed E-state index contributed by atoms with van der Waals surface area (Å²) in [4.78, 5) is 9.07. The highest BCUT2D eigenvalue weighted by Gasteiger charge is 2.29. The van der Waals surface area contributed by atoms with E-state index in [2.05, 4.69) is 15.3 Å². The normalized spacial score (nSPS) is 21.0. The molecule has 1 saturated carbocycles. The zero-order valence-corrected chi connectivity index (χ0v) is 15.1. The van der Waals surface area contributed by atoms with Crippen molar-refractivity contribution in [3.8, 4) is 17.2 Å². The van der Waals surface area contributed by atoms with Gasteiger partial charge in [0.05, 0.1) is 7.11 Å². The van der Waals surface area contributed by atoms with Gasteiger partial charge < -0.3 is 25.3 Å². The van der Waals surface area contributed by atoms with Gasteiger partial charge in [0, 0.05) is 41.9 Å². The predicted octanol–water partition coefficient (Wildman–Crippen LogP) is 2.38. The molecule has 0 bridgehead atoms. The van der Waals surface area contributed by atoms with Crippen LogP contribution < -0.4 is 25.3 Å². The van der Waals surface area contributed by atoms with E-state index in [1.807, 2.05) is 25.1 Å². The van der Waals surface area contributed by atoms with E-state index in [0.29, 0.717) is 31.7 Å². The average Bonchev–Trinajstić information content (AvgIpc) is 2.62. The summed E-state index contributed by atoms with van der Waals surface area (Å²) in [5.74, 6) is 4.24. The van der Waals surface area contributed by atoms with Crippen LogP contribution in [0.15, 0.2) is 18.2 Å². The average molecular weight is 356 g/mol. The van der Waals surface area contributed by atoms with E-state index in [0.717, 1.165) is 53.0 Å². The van der Waals surface area contributed by atoms with Crippen LogP contribution in [0.5, 0.6) is 17.2 Å². The number of anilines is 1. The molecule has 0 saturated heterocycles. The zero-order chi connectivity index (χ0) is 18.1. The van der Waals surface area contributed by atoms with Gasteiger partial charge in [-0.2, -0.15) is 0 Å². The lowest BCUT2D eigenvalue weighted by atomic mass is 9.78. The van der Waals surface area contributed by atoms with Crippen LogP contribution in [0.4, 0.5) is 5.82 Å². The number of rotatable bonds is 5. The number of hydrogen-bond acceptors (Lipinski definition) is 7. The van der Waals surface area contributed by atoms with Crippen LogP contribution in [0.1, 0.15) is 35.8 Å². The highest BCUT2D eigenvalue weighted by atomic mass is 16.6. The molecule has 0 radical (unpaired) electrons. The third-order valence-electron chi connectivity index (χ3n) is 4.86. The Balaban J connectivity index is 1.52. The number of nitrogens with two attached hydrogens (primary N) is 1. The number of ether oxygens (including phenoxy) is 3. The zero-order valence-electron chi connectivity index (χ0n) is 15.1. The maximum absolute atomic E-state index is 5.91. The van der Waals surface area contributed by atoms with Crippen molar-refractivity contribution in [2.75, 3.05) is 25.6 Å². The fourth-order valence-electron chi connectivity index (χ4n) is 3.42. The Morgan fingerprint density at radius 3 is 2.58 bits per heavy atom. The van der Waals surface area contributed by atoms with E-state index in [1.54, 1.807) is 7.11 Å². The van der Waals surface area contributed by atoms with Crippen molar-refractivity contribution in [2.24, 2.45) is 5.73 Å². The topological polar surface area (TPSA) is 91.5 Å². The van der Waals surface area contributed by atoms with Gasteiger partial charge in [-0.15, -0.1) is 0 Å². The highest BCUT2D eigenvalue weighted by Crippen LogP contribution is 2.37. The summed E-state index contributed by atoms with van der Waals surface area (Å²) in [7, 11) is 1.65. The van der Waals surface area contributed by atoms with Crippen molar-refractivity contribution in [1.82, 2.24) is 9.97 Å². The number of nitrogens with zero attached hydrogens (tertiary/aromatic N) is 2. The van der Waals surface area contributed by atoms with Crippen molar-refractivity contribution in [2.45, 2.75) is 38.3 Å². The molecule has 138 valence electrons. The Kier molecular flexibility index (Phi) is 4.55. The number of aromatic nitrogens is 2. The summed E-state index contributed by atoms with van der Waals surface area (Å²) in [5, 5.41) is 3.38. The van der Waals surface area contributed by atoms with E-state index < -0.39 is 0 Å². The van der Waals surface area contributed by atoms with Crippen LogP contribution in [0.25, 0.3) is 0 Å². The van der Waals surface area contributed by atoms with Gasteiger partial charge in [0.25, 0.3) is 0 Å². The lowest BCUT2D eigenvalue weighted by molar-refractivity contribution is 0.170. The predicted molar refractivity (Wildman–Crippen MR) is 98.0 cm³/mol. The van der Waals surface area contributed by atoms with Gasteiger partial charge in [-0.1, -0.05) is 0 Å². The van der Waals surface area contributed by atoms with E-state index in [-0.39, 0.29) is 0 Å². The third kappa shape index (κ3) is 3.39. The van der Waals surface area contributed by atoms with Gasteiger partial charge in [-0.25, -0.2) is 9.97 Å². The van der Waals surface area contributed by atoms with Crippen LogP contribution in [0, 0.1) is 6.92 Å². The Labute approximate surface area is 152 Å². The minimum Gasteiger partial charge on any atom is -0.496 e. The minimum atomic E-state index is 0.300. The van der Waals surface area contributed by atoms with Crippen molar-refractivity contribution < 1.29 is 14.2 Å². The molecule has 0 unspecified atom stereocenters. The Hall–Kier alpha value is -2.54. The summed E-state index contributed by atoms with van der Waals surface area (Å²) in [5.41, 5.74) is 7.96. The van der Waals surface area contributed by atoms with Gasteiger partial charge in [0.2, 0.25) is 0 Å². The maximum Gasteiger partial charge on any atom is 0.165 e. The first-order valence-corrected chi connectivity index (χ1v) is 8.94. The number of hydrogen-bond donors (Lipinski definition) is 2. The molecular formula is C19H24N4O3. The summed E-state index contributed by atoms with van der Waals surface area (Å²) >= 11 is 0. The number of fused-ring (bicyclic) bond motifs is 1. The van der Waals surface area contributed by atoms with Crippen molar-refractivity contribution in [1.29, 1.82) is 0 Å². The molecule has 0 spiro atoms. The molecule has 2 heterocycles. The van der Waals surface area contributed by atoms with Gasteiger partial charge in [0.1, 0.15) is 30.6 Å². The van der Waals surface area contributed by atoms with Crippen molar-refractivity contribution in [3.63, 3.8) is 0 Å². The molecule has 1 aromatic carbocycles. The molecule has 0 atom stereocenters. The second kappa shape index (κ2) is 6.99. The van der Waals surface area contributed by atoms with Crippen LogP contribution in [0.3, 0.4) is 0 Å². The van der Waals surface area contributed by atoms with Crippen molar-refractivity contribution >= 4 is 5.82 Å². The second-order valence-electron chi connectivity index (χ2n) is 6.81.